The van der Waals surface area contributed by atoms with Gasteiger partial charge in [0.1, 0.15) is 12.2 Å². The summed E-state index contributed by atoms with van der Waals surface area (Å²) in [5.74, 6) is 0. The zero-order valence-electron chi connectivity index (χ0n) is 5.99. The first kappa shape index (κ1) is 7.51. The lowest BCUT2D eigenvalue weighted by molar-refractivity contribution is 0.0697. The fraction of sp³-hybridized carbons (Fsp3) is 0.500. The number of hydrogen-bond donors (Lipinski definition) is 2. The van der Waals surface area contributed by atoms with E-state index < -0.39 is 12.2 Å². The SMILES string of the molecule is CCC1=CC=C[C@@H](O)[C@H]1O. The number of rotatable bonds is 1. The number of aliphatic hydroxyl groups is 2. The van der Waals surface area contributed by atoms with Gasteiger partial charge in [0.05, 0.1) is 0 Å². The maximum Gasteiger partial charge on any atom is 0.105 e. The van der Waals surface area contributed by atoms with E-state index in [1.54, 1.807) is 12.2 Å². The second-order valence-corrected chi connectivity index (χ2v) is 2.42. The molecule has 0 saturated heterocycles. The van der Waals surface area contributed by atoms with Gasteiger partial charge in [-0.2, -0.15) is 0 Å². The van der Waals surface area contributed by atoms with Crippen molar-refractivity contribution >= 4 is 0 Å². The van der Waals surface area contributed by atoms with Gasteiger partial charge in [0.15, 0.2) is 0 Å². The van der Waals surface area contributed by atoms with E-state index in [1.165, 1.54) is 0 Å². The Hall–Kier alpha value is -0.600. The summed E-state index contributed by atoms with van der Waals surface area (Å²) in [5, 5.41) is 18.4. The van der Waals surface area contributed by atoms with Gasteiger partial charge in [-0.15, -0.1) is 0 Å². The van der Waals surface area contributed by atoms with Crippen LogP contribution in [-0.2, 0) is 0 Å². The average molecular weight is 140 g/mol. The van der Waals surface area contributed by atoms with Crippen molar-refractivity contribution in [2.75, 3.05) is 0 Å². The molecule has 0 amide bonds. The first-order chi connectivity index (χ1) is 4.75. The Morgan fingerprint density at radius 2 is 2.20 bits per heavy atom. The van der Waals surface area contributed by atoms with E-state index in [4.69, 9.17) is 5.11 Å². The van der Waals surface area contributed by atoms with Crippen LogP contribution in [0.1, 0.15) is 13.3 Å². The van der Waals surface area contributed by atoms with E-state index in [2.05, 4.69) is 0 Å². The Labute approximate surface area is 60.5 Å². The molecule has 10 heavy (non-hydrogen) atoms. The van der Waals surface area contributed by atoms with Crippen molar-refractivity contribution < 1.29 is 10.2 Å². The highest BCUT2D eigenvalue weighted by Gasteiger charge is 2.18. The monoisotopic (exact) mass is 140 g/mol. The lowest BCUT2D eigenvalue weighted by Gasteiger charge is -2.19. The maximum atomic E-state index is 9.27. The van der Waals surface area contributed by atoms with Crippen LogP contribution in [0.2, 0.25) is 0 Å². The molecule has 0 heterocycles. The summed E-state index contributed by atoms with van der Waals surface area (Å²) in [6.45, 7) is 1.96. The summed E-state index contributed by atoms with van der Waals surface area (Å²) in [7, 11) is 0. The van der Waals surface area contributed by atoms with Gasteiger partial charge in [0, 0.05) is 0 Å². The van der Waals surface area contributed by atoms with Crippen LogP contribution in [0.25, 0.3) is 0 Å². The quantitative estimate of drug-likeness (QED) is 0.560. The molecule has 0 aromatic heterocycles. The normalized spacial score (nSPS) is 32.1. The van der Waals surface area contributed by atoms with Crippen LogP contribution < -0.4 is 0 Å². The summed E-state index contributed by atoms with van der Waals surface area (Å²) in [5.41, 5.74) is 0.898. The van der Waals surface area contributed by atoms with E-state index >= 15 is 0 Å². The Kier molecular flexibility index (Phi) is 2.25. The molecule has 2 heteroatoms. The van der Waals surface area contributed by atoms with Crippen LogP contribution in [-0.4, -0.2) is 22.4 Å². The van der Waals surface area contributed by atoms with Crippen molar-refractivity contribution in [3.05, 3.63) is 23.8 Å². The third-order valence-corrected chi connectivity index (χ3v) is 1.73. The largest absolute Gasteiger partial charge is 0.386 e. The molecule has 0 fully saturated rings. The summed E-state index contributed by atoms with van der Waals surface area (Å²) in [6.07, 6.45) is 4.61. The van der Waals surface area contributed by atoms with Gasteiger partial charge < -0.3 is 10.2 Å². The third kappa shape index (κ3) is 1.28. The van der Waals surface area contributed by atoms with Crippen LogP contribution >= 0.6 is 0 Å². The molecule has 0 saturated carbocycles. The zero-order chi connectivity index (χ0) is 7.56. The summed E-state index contributed by atoms with van der Waals surface area (Å²) in [6, 6.07) is 0. The first-order valence-electron chi connectivity index (χ1n) is 3.49. The topological polar surface area (TPSA) is 40.5 Å². The van der Waals surface area contributed by atoms with E-state index in [9.17, 15) is 5.11 Å². The molecule has 1 aliphatic rings. The van der Waals surface area contributed by atoms with Gasteiger partial charge in [-0.3, -0.25) is 0 Å². The molecule has 56 valence electrons. The highest BCUT2D eigenvalue weighted by molar-refractivity contribution is 5.24. The Morgan fingerprint density at radius 3 is 2.70 bits per heavy atom. The molecule has 0 aromatic rings. The number of allylic oxidation sites excluding steroid dienone is 2. The zero-order valence-corrected chi connectivity index (χ0v) is 5.99. The van der Waals surface area contributed by atoms with Gasteiger partial charge in [-0.1, -0.05) is 25.2 Å². The molecular weight excluding hydrogens is 128 g/mol. The Balaban J connectivity index is 2.71. The van der Waals surface area contributed by atoms with E-state index in [1.807, 2.05) is 13.0 Å². The van der Waals surface area contributed by atoms with Crippen molar-refractivity contribution in [3.8, 4) is 0 Å². The maximum absolute atomic E-state index is 9.27. The molecule has 2 nitrogen and oxygen atoms in total. The smallest absolute Gasteiger partial charge is 0.105 e. The van der Waals surface area contributed by atoms with Crippen molar-refractivity contribution in [1.82, 2.24) is 0 Å². The molecule has 0 aromatic carbocycles. The van der Waals surface area contributed by atoms with Gasteiger partial charge in [-0.25, -0.2) is 0 Å². The fourth-order valence-corrected chi connectivity index (χ4v) is 1.04. The highest BCUT2D eigenvalue weighted by atomic mass is 16.3. The van der Waals surface area contributed by atoms with Gasteiger partial charge in [0.25, 0.3) is 0 Å². The molecule has 0 aliphatic heterocycles. The molecule has 0 spiro atoms. The number of hydrogen-bond acceptors (Lipinski definition) is 2. The second-order valence-electron chi connectivity index (χ2n) is 2.42. The van der Waals surface area contributed by atoms with Crippen molar-refractivity contribution in [2.24, 2.45) is 0 Å². The van der Waals surface area contributed by atoms with Gasteiger partial charge in [-0.05, 0) is 12.0 Å². The van der Waals surface area contributed by atoms with E-state index in [0.29, 0.717) is 0 Å². The molecule has 1 rings (SSSR count). The number of aliphatic hydroxyl groups excluding tert-OH is 2. The predicted molar refractivity (Wildman–Crippen MR) is 39.5 cm³/mol. The Bertz CT molecular complexity index is 170. The lowest BCUT2D eigenvalue weighted by Crippen LogP contribution is -2.27. The van der Waals surface area contributed by atoms with Gasteiger partial charge >= 0.3 is 0 Å². The second kappa shape index (κ2) is 2.99. The van der Waals surface area contributed by atoms with Crippen molar-refractivity contribution in [3.63, 3.8) is 0 Å². The van der Waals surface area contributed by atoms with E-state index in [-0.39, 0.29) is 0 Å². The standard InChI is InChI=1S/C8H12O2/c1-2-6-4-3-5-7(9)8(6)10/h3-5,7-10H,2H2,1H3/t7-,8+/m1/s1. The molecule has 0 bridgehead atoms. The molecule has 1 aliphatic carbocycles. The minimum absolute atomic E-state index is 0.685. The summed E-state index contributed by atoms with van der Waals surface area (Å²) in [4.78, 5) is 0. The average Bonchev–Trinajstić information content (AvgIpc) is 1.95. The first-order valence-corrected chi connectivity index (χ1v) is 3.49. The van der Waals surface area contributed by atoms with Crippen molar-refractivity contribution in [1.29, 1.82) is 0 Å². The van der Waals surface area contributed by atoms with E-state index in [0.717, 1.165) is 12.0 Å². The minimum atomic E-state index is -0.708. The Morgan fingerprint density at radius 1 is 1.50 bits per heavy atom. The molecular formula is C8H12O2. The third-order valence-electron chi connectivity index (χ3n) is 1.73. The lowest BCUT2D eigenvalue weighted by atomic mass is 9.97. The minimum Gasteiger partial charge on any atom is -0.386 e. The van der Waals surface area contributed by atoms with Crippen LogP contribution in [0.4, 0.5) is 0 Å². The summed E-state index contributed by atoms with van der Waals surface area (Å²) >= 11 is 0. The van der Waals surface area contributed by atoms with Crippen LogP contribution in [0.15, 0.2) is 23.8 Å². The highest BCUT2D eigenvalue weighted by Crippen LogP contribution is 2.15. The summed E-state index contributed by atoms with van der Waals surface area (Å²) < 4.78 is 0. The molecule has 0 unspecified atom stereocenters. The fourth-order valence-electron chi connectivity index (χ4n) is 1.04. The predicted octanol–water partition coefficient (Wildman–Crippen LogP) is 0.614. The van der Waals surface area contributed by atoms with Crippen LogP contribution in [0.5, 0.6) is 0 Å². The van der Waals surface area contributed by atoms with Gasteiger partial charge in [0.2, 0.25) is 0 Å². The van der Waals surface area contributed by atoms with Crippen molar-refractivity contribution in [2.45, 2.75) is 25.6 Å². The van der Waals surface area contributed by atoms with Crippen LogP contribution in [0, 0.1) is 0 Å². The molecule has 0 radical (unpaired) electrons. The molecule has 2 N–H and O–H groups in total. The molecule has 2 atom stereocenters. The van der Waals surface area contributed by atoms with Crippen LogP contribution in [0.3, 0.4) is 0 Å².